The first-order valence-corrected chi connectivity index (χ1v) is 4.65. The molecule has 1 aliphatic rings. The summed E-state index contributed by atoms with van der Waals surface area (Å²) in [7, 11) is 0. The maximum Gasteiger partial charge on any atom is 0.157 e. The highest BCUT2D eigenvalue weighted by Crippen LogP contribution is 2.39. The van der Waals surface area contributed by atoms with E-state index < -0.39 is 0 Å². The predicted octanol–water partition coefficient (Wildman–Crippen LogP) is 0.771. The third-order valence-electron chi connectivity index (χ3n) is 2.56. The van der Waals surface area contributed by atoms with Crippen molar-refractivity contribution in [3.8, 4) is 0 Å². The van der Waals surface area contributed by atoms with Crippen LogP contribution in [0.3, 0.4) is 0 Å². The van der Waals surface area contributed by atoms with Gasteiger partial charge in [0.05, 0.1) is 17.6 Å². The first-order chi connectivity index (χ1) is 6.75. The van der Waals surface area contributed by atoms with Gasteiger partial charge in [-0.25, -0.2) is 4.98 Å². The Labute approximate surface area is 80.7 Å². The van der Waals surface area contributed by atoms with Gasteiger partial charge >= 0.3 is 0 Å². The fraction of sp³-hybridized carbons (Fsp3) is 0.333. The SMILES string of the molecule is Nc1cnc2cc(C3CC3)nn2c1N. The number of hydrogen-bond acceptors (Lipinski definition) is 4. The molecule has 0 spiro atoms. The van der Waals surface area contributed by atoms with Gasteiger partial charge in [0, 0.05) is 12.0 Å². The van der Waals surface area contributed by atoms with E-state index in [4.69, 9.17) is 11.5 Å². The van der Waals surface area contributed by atoms with Crippen molar-refractivity contribution in [1.29, 1.82) is 0 Å². The molecule has 0 atom stereocenters. The quantitative estimate of drug-likeness (QED) is 0.694. The summed E-state index contributed by atoms with van der Waals surface area (Å²) in [6, 6.07) is 1.98. The van der Waals surface area contributed by atoms with Crippen LogP contribution in [0.1, 0.15) is 24.5 Å². The predicted molar refractivity (Wildman–Crippen MR) is 53.8 cm³/mol. The van der Waals surface area contributed by atoms with Crippen LogP contribution in [0, 0.1) is 0 Å². The minimum absolute atomic E-state index is 0.474. The average molecular weight is 189 g/mol. The third kappa shape index (κ3) is 0.951. The Kier molecular flexibility index (Phi) is 1.29. The molecule has 4 N–H and O–H groups in total. The number of rotatable bonds is 1. The first kappa shape index (κ1) is 7.61. The fourth-order valence-electron chi connectivity index (χ4n) is 1.56. The summed E-state index contributed by atoms with van der Waals surface area (Å²) in [5.41, 5.74) is 13.8. The number of fused-ring (bicyclic) bond motifs is 1. The zero-order chi connectivity index (χ0) is 9.71. The second kappa shape index (κ2) is 2.37. The second-order valence-electron chi connectivity index (χ2n) is 3.71. The zero-order valence-corrected chi connectivity index (χ0v) is 7.64. The van der Waals surface area contributed by atoms with E-state index in [1.807, 2.05) is 6.07 Å². The van der Waals surface area contributed by atoms with Crippen molar-refractivity contribution in [2.45, 2.75) is 18.8 Å². The molecule has 2 aromatic heterocycles. The Morgan fingerprint density at radius 2 is 2.14 bits per heavy atom. The Morgan fingerprint density at radius 1 is 1.36 bits per heavy atom. The number of anilines is 2. The van der Waals surface area contributed by atoms with Crippen molar-refractivity contribution in [1.82, 2.24) is 14.6 Å². The number of aromatic nitrogens is 3. The van der Waals surface area contributed by atoms with Gasteiger partial charge in [0.2, 0.25) is 0 Å². The molecule has 14 heavy (non-hydrogen) atoms. The van der Waals surface area contributed by atoms with Gasteiger partial charge in [-0.2, -0.15) is 9.61 Å². The summed E-state index contributed by atoms with van der Waals surface area (Å²) in [5.74, 6) is 1.08. The highest BCUT2D eigenvalue weighted by atomic mass is 15.3. The van der Waals surface area contributed by atoms with E-state index in [1.54, 1.807) is 10.7 Å². The van der Waals surface area contributed by atoms with Crippen LogP contribution in [-0.2, 0) is 0 Å². The Morgan fingerprint density at radius 3 is 2.86 bits per heavy atom. The molecule has 72 valence electrons. The molecule has 0 radical (unpaired) electrons. The lowest BCUT2D eigenvalue weighted by atomic mass is 10.3. The summed E-state index contributed by atoms with van der Waals surface area (Å²) in [6.07, 6.45) is 4.02. The Hall–Kier alpha value is -1.78. The molecule has 0 aliphatic heterocycles. The van der Waals surface area contributed by atoms with Crippen LogP contribution in [0.5, 0.6) is 0 Å². The first-order valence-electron chi connectivity index (χ1n) is 4.65. The standard InChI is InChI=1S/C9H11N5/c10-6-4-12-8-3-7(5-1-2-5)13-14(8)9(6)11/h3-5H,1-2,10-11H2. The van der Waals surface area contributed by atoms with Crippen molar-refractivity contribution in [2.75, 3.05) is 11.5 Å². The van der Waals surface area contributed by atoms with Crippen LogP contribution in [0.4, 0.5) is 11.5 Å². The molecule has 1 aliphatic carbocycles. The topological polar surface area (TPSA) is 82.2 Å². The summed E-state index contributed by atoms with van der Waals surface area (Å²) in [5, 5.41) is 4.38. The molecule has 2 heterocycles. The van der Waals surface area contributed by atoms with E-state index in [1.165, 1.54) is 12.8 Å². The maximum atomic E-state index is 5.79. The van der Waals surface area contributed by atoms with E-state index in [0.29, 0.717) is 17.4 Å². The number of nitrogens with zero attached hydrogens (tertiary/aromatic N) is 3. The van der Waals surface area contributed by atoms with Crippen LogP contribution in [0.25, 0.3) is 5.65 Å². The van der Waals surface area contributed by atoms with Crippen molar-refractivity contribution in [3.05, 3.63) is 18.0 Å². The van der Waals surface area contributed by atoms with Gasteiger partial charge in [0.25, 0.3) is 0 Å². The van der Waals surface area contributed by atoms with Crippen molar-refractivity contribution in [2.24, 2.45) is 0 Å². The van der Waals surface area contributed by atoms with Gasteiger partial charge in [-0.05, 0) is 12.8 Å². The normalized spacial score (nSPS) is 16.3. The van der Waals surface area contributed by atoms with E-state index in [0.717, 1.165) is 11.3 Å². The van der Waals surface area contributed by atoms with Crippen molar-refractivity contribution < 1.29 is 0 Å². The molecule has 0 unspecified atom stereocenters. The molecule has 1 fully saturated rings. The third-order valence-corrected chi connectivity index (χ3v) is 2.56. The average Bonchev–Trinajstić information content (AvgIpc) is 2.93. The number of hydrogen-bond donors (Lipinski definition) is 2. The summed E-state index contributed by atoms with van der Waals surface area (Å²) >= 11 is 0. The van der Waals surface area contributed by atoms with Crippen LogP contribution < -0.4 is 11.5 Å². The maximum absolute atomic E-state index is 5.79. The Bertz CT molecular complexity index is 497. The molecule has 5 nitrogen and oxygen atoms in total. The van der Waals surface area contributed by atoms with E-state index >= 15 is 0 Å². The van der Waals surface area contributed by atoms with Crippen LogP contribution in [-0.4, -0.2) is 14.6 Å². The van der Waals surface area contributed by atoms with E-state index in [9.17, 15) is 0 Å². The molecule has 0 aromatic carbocycles. The molecule has 2 aromatic rings. The summed E-state index contributed by atoms with van der Waals surface area (Å²) in [4.78, 5) is 4.17. The second-order valence-corrected chi connectivity index (χ2v) is 3.71. The lowest BCUT2D eigenvalue weighted by molar-refractivity contribution is 0.892. The van der Waals surface area contributed by atoms with E-state index in [-0.39, 0.29) is 0 Å². The summed E-state index contributed by atoms with van der Waals surface area (Å²) in [6.45, 7) is 0. The Balaban J connectivity index is 2.26. The highest BCUT2D eigenvalue weighted by Gasteiger charge is 2.26. The van der Waals surface area contributed by atoms with Crippen LogP contribution in [0.15, 0.2) is 12.3 Å². The molecule has 0 amide bonds. The van der Waals surface area contributed by atoms with Gasteiger partial charge in [0.15, 0.2) is 11.5 Å². The van der Waals surface area contributed by atoms with Gasteiger partial charge in [-0.3, -0.25) is 0 Å². The minimum atomic E-state index is 0.474. The minimum Gasteiger partial charge on any atom is -0.394 e. The molecule has 0 saturated heterocycles. The molecule has 3 rings (SSSR count). The molecule has 1 saturated carbocycles. The number of nitrogen functional groups attached to an aromatic ring is 2. The van der Waals surface area contributed by atoms with Crippen LogP contribution >= 0.6 is 0 Å². The largest absolute Gasteiger partial charge is 0.394 e. The van der Waals surface area contributed by atoms with Gasteiger partial charge in [0.1, 0.15) is 0 Å². The van der Waals surface area contributed by atoms with Gasteiger partial charge < -0.3 is 11.5 Å². The molecule has 5 heteroatoms. The van der Waals surface area contributed by atoms with Crippen molar-refractivity contribution >= 4 is 17.2 Å². The summed E-state index contributed by atoms with van der Waals surface area (Å²) < 4.78 is 1.61. The lowest BCUT2D eigenvalue weighted by Gasteiger charge is -2.00. The van der Waals surface area contributed by atoms with Crippen LogP contribution in [0.2, 0.25) is 0 Å². The molecular formula is C9H11N5. The van der Waals surface area contributed by atoms with Crippen molar-refractivity contribution in [3.63, 3.8) is 0 Å². The highest BCUT2D eigenvalue weighted by molar-refractivity contribution is 5.62. The smallest absolute Gasteiger partial charge is 0.157 e. The zero-order valence-electron chi connectivity index (χ0n) is 7.64. The lowest BCUT2D eigenvalue weighted by Crippen LogP contribution is -2.04. The molecule has 0 bridgehead atoms. The molecular weight excluding hydrogens is 178 g/mol. The van der Waals surface area contributed by atoms with Gasteiger partial charge in [-0.1, -0.05) is 0 Å². The monoisotopic (exact) mass is 189 g/mol. The fourth-order valence-corrected chi connectivity index (χ4v) is 1.56. The van der Waals surface area contributed by atoms with E-state index in [2.05, 4.69) is 10.1 Å². The number of nitrogens with two attached hydrogens (primary N) is 2. The van der Waals surface area contributed by atoms with Gasteiger partial charge in [-0.15, -0.1) is 0 Å².